The Morgan fingerprint density at radius 3 is 2.67 bits per heavy atom. The molecule has 1 atom stereocenters. The number of hydrogen-bond donors (Lipinski definition) is 1. The predicted molar refractivity (Wildman–Crippen MR) is 82.0 cm³/mol. The summed E-state index contributed by atoms with van der Waals surface area (Å²) in [5.41, 5.74) is 0.414. The van der Waals surface area contributed by atoms with Gasteiger partial charge in [0.15, 0.2) is 5.69 Å². The minimum absolute atomic E-state index is 0.207. The maximum Gasteiger partial charge on any atom is 0.275 e. The van der Waals surface area contributed by atoms with E-state index in [0.717, 1.165) is 17.3 Å². The zero-order valence-corrected chi connectivity index (χ0v) is 13.0. The van der Waals surface area contributed by atoms with Gasteiger partial charge in [-0.3, -0.25) is 4.79 Å². The maximum absolute atomic E-state index is 12.5. The number of nitrogens with zero attached hydrogens (tertiary/aromatic N) is 3. The van der Waals surface area contributed by atoms with Crippen LogP contribution in [0, 0.1) is 0 Å². The van der Waals surface area contributed by atoms with Gasteiger partial charge in [-0.25, -0.2) is 0 Å². The van der Waals surface area contributed by atoms with Crippen molar-refractivity contribution >= 4 is 17.6 Å². The number of aliphatic hydroxyl groups is 1. The topological polar surface area (TPSA) is 66.3 Å². The number of benzene rings is 1. The highest BCUT2D eigenvalue weighted by Crippen LogP contribution is 2.16. The highest BCUT2D eigenvalue weighted by atomic mass is 32.1. The number of carbonyl (C=O) groups is 1. The predicted octanol–water partition coefficient (Wildman–Crippen LogP) is 2.34. The van der Waals surface area contributed by atoms with Crippen LogP contribution in [0.4, 0.5) is 0 Å². The highest BCUT2D eigenvalue weighted by Gasteiger charge is 2.27. The fraction of sp³-hybridized carbons (Fsp3) is 0.400. The van der Waals surface area contributed by atoms with Crippen LogP contribution in [0.2, 0.25) is 0 Å². The van der Waals surface area contributed by atoms with Gasteiger partial charge in [-0.05, 0) is 18.9 Å². The molecule has 0 radical (unpaired) electrons. The van der Waals surface area contributed by atoms with E-state index in [1.807, 2.05) is 37.3 Å². The van der Waals surface area contributed by atoms with Crippen molar-refractivity contribution < 1.29 is 9.90 Å². The van der Waals surface area contributed by atoms with Crippen LogP contribution < -0.4 is 0 Å². The third-order valence-electron chi connectivity index (χ3n) is 3.38. The fourth-order valence-corrected chi connectivity index (χ4v) is 2.35. The van der Waals surface area contributed by atoms with Crippen molar-refractivity contribution in [2.45, 2.75) is 32.4 Å². The Kier molecular flexibility index (Phi) is 5.03. The molecular formula is C15H19N3O2S. The molecule has 0 saturated heterocycles. The molecular weight excluding hydrogens is 286 g/mol. The van der Waals surface area contributed by atoms with Gasteiger partial charge in [0.2, 0.25) is 0 Å². The van der Waals surface area contributed by atoms with E-state index in [1.165, 1.54) is 6.20 Å². The fourth-order valence-electron chi connectivity index (χ4n) is 1.95. The Morgan fingerprint density at radius 2 is 2.10 bits per heavy atom. The normalized spacial score (nSPS) is 13.7. The molecule has 21 heavy (non-hydrogen) atoms. The van der Waals surface area contributed by atoms with Gasteiger partial charge in [0, 0.05) is 13.1 Å². The van der Waals surface area contributed by atoms with Crippen LogP contribution in [0.15, 0.2) is 36.5 Å². The Balaban J connectivity index is 2.20. The highest BCUT2D eigenvalue weighted by molar-refractivity contribution is 6.99. The van der Waals surface area contributed by atoms with E-state index in [0.29, 0.717) is 18.7 Å². The van der Waals surface area contributed by atoms with Crippen molar-refractivity contribution in [3.05, 3.63) is 47.8 Å². The first-order valence-corrected chi connectivity index (χ1v) is 7.58. The summed E-state index contributed by atoms with van der Waals surface area (Å²) < 4.78 is 7.86. The van der Waals surface area contributed by atoms with Crippen molar-refractivity contribution in [2.75, 3.05) is 6.54 Å². The van der Waals surface area contributed by atoms with E-state index in [2.05, 4.69) is 8.75 Å². The second kappa shape index (κ2) is 6.78. The molecule has 0 aliphatic heterocycles. The average molecular weight is 305 g/mol. The van der Waals surface area contributed by atoms with Crippen LogP contribution in [0.25, 0.3) is 0 Å². The molecule has 1 aromatic heterocycles. The van der Waals surface area contributed by atoms with Gasteiger partial charge in [-0.1, -0.05) is 37.3 Å². The molecule has 2 rings (SSSR count). The molecule has 112 valence electrons. The molecule has 1 N–H and O–H groups in total. The first kappa shape index (κ1) is 15.6. The summed E-state index contributed by atoms with van der Waals surface area (Å²) in [6, 6.07) is 9.71. The average Bonchev–Trinajstić information content (AvgIpc) is 3.01. The summed E-state index contributed by atoms with van der Waals surface area (Å²) in [5.74, 6) is -0.207. The molecule has 0 saturated carbocycles. The van der Waals surface area contributed by atoms with Crippen molar-refractivity contribution in [3.8, 4) is 0 Å². The van der Waals surface area contributed by atoms with E-state index in [1.54, 1.807) is 11.8 Å². The van der Waals surface area contributed by atoms with Crippen LogP contribution in [0.3, 0.4) is 0 Å². The van der Waals surface area contributed by atoms with Gasteiger partial charge < -0.3 is 10.0 Å². The van der Waals surface area contributed by atoms with Crippen molar-refractivity contribution in [3.63, 3.8) is 0 Å². The summed E-state index contributed by atoms with van der Waals surface area (Å²) in [6.07, 6.45) is 2.03. The molecule has 1 unspecified atom stereocenters. The Labute approximate surface area is 128 Å². The molecule has 0 aliphatic carbocycles. The maximum atomic E-state index is 12.5. The minimum Gasteiger partial charge on any atom is -0.388 e. The Bertz CT molecular complexity index is 570. The zero-order valence-electron chi connectivity index (χ0n) is 12.2. The summed E-state index contributed by atoms with van der Waals surface area (Å²) >= 11 is 1.01. The van der Waals surface area contributed by atoms with Crippen LogP contribution in [0.5, 0.6) is 0 Å². The lowest BCUT2D eigenvalue weighted by Crippen LogP contribution is -2.43. The SMILES string of the molecule is CCC(C)(O)CN(Cc1ccccc1)C(=O)c1cnsn1. The molecule has 5 nitrogen and oxygen atoms in total. The number of aromatic nitrogens is 2. The largest absolute Gasteiger partial charge is 0.388 e. The van der Waals surface area contributed by atoms with Gasteiger partial charge >= 0.3 is 0 Å². The van der Waals surface area contributed by atoms with Crippen molar-refractivity contribution in [1.29, 1.82) is 0 Å². The summed E-state index contributed by atoms with van der Waals surface area (Å²) in [7, 11) is 0. The van der Waals surface area contributed by atoms with Crippen molar-refractivity contribution in [1.82, 2.24) is 13.6 Å². The van der Waals surface area contributed by atoms with E-state index in [4.69, 9.17) is 0 Å². The summed E-state index contributed by atoms with van der Waals surface area (Å²) in [4.78, 5) is 14.1. The van der Waals surface area contributed by atoms with Gasteiger partial charge in [0.1, 0.15) is 0 Å². The smallest absolute Gasteiger partial charge is 0.275 e. The van der Waals surface area contributed by atoms with Crippen molar-refractivity contribution in [2.24, 2.45) is 0 Å². The molecule has 0 spiro atoms. The van der Waals surface area contributed by atoms with E-state index in [9.17, 15) is 9.90 Å². The molecule has 1 aromatic carbocycles. The van der Waals surface area contributed by atoms with Crippen LogP contribution in [0.1, 0.15) is 36.3 Å². The van der Waals surface area contributed by atoms with Crippen LogP contribution >= 0.6 is 11.7 Å². The number of carbonyl (C=O) groups excluding carboxylic acids is 1. The van der Waals surface area contributed by atoms with Gasteiger partial charge in [-0.2, -0.15) is 8.75 Å². The number of hydrogen-bond acceptors (Lipinski definition) is 5. The number of amides is 1. The summed E-state index contributed by atoms with van der Waals surface area (Å²) in [5, 5.41) is 10.3. The van der Waals surface area contributed by atoms with Gasteiger partial charge in [-0.15, -0.1) is 0 Å². The Hall–Kier alpha value is -1.79. The second-order valence-corrected chi connectivity index (χ2v) is 5.85. The molecule has 0 fully saturated rings. The standard InChI is InChI=1S/C15H19N3O2S/c1-3-15(2,20)11-18(10-12-7-5-4-6-8-12)14(19)13-9-16-21-17-13/h4-9,20H,3,10-11H2,1-2H3. The third kappa shape index (κ3) is 4.34. The zero-order chi connectivity index (χ0) is 15.3. The van der Waals surface area contributed by atoms with E-state index in [-0.39, 0.29) is 12.5 Å². The van der Waals surface area contributed by atoms with Crippen LogP contribution in [-0.4, -0.2) is 36.8 Å². The van der Waals surface area contributed by atoms with E-state index < -0.39 is 5.60 Å². The molecule has 0 bridgehead atoms. The monoisotopic (exact) mass is 305 g/mol. The minimum atomic E-state index is -0.923. The summed E-state index contributed by atoms with van der Waals surface area (Å²) in [6.45, 7) is 4.33. The molecule has 0 aliphatic rings. The number of rotatable bonds is 6. The molecule has 6 heteroatoms. The lowest BCUT2D eigenvalue weighted by Gasteiger charge is -2.30. The molecule has 1 heterocycles. The molecule has 1 amide bonds. The van der Waals surface area contributed by atoms with Gasteiger partial charge in [0.05, 0.1) is 23.5 Å². The first-order chi connectivity index (χ1) is 10.0. The first-order valence-electron chi connectivity index (χ1n) is 6.85. The lowest BCUT2D eigenvalue weighted by molar-refractivity contribution is 0.0133. The van der Waals surface area contributed by atoms with Gasteiger partial charge in [0.25, 0.3) is 5.91 Å². The van der Waals surface area contributed by atoms with E-state index >= 15 is 0 Å². The Morgan fingerprint density at radius 1 is 1.38 bits per heavy atom. The third-order valence-corrected chi connectivity index (χ3v) is 3.86. The second-order valence-electron chi connectivity index (χ2n) is 5.29. The molecule has 2 aromatic rings. The lowest BCUT2D eigenvalue weighted by atomic mass is 10.0. The quantitative estimate of drug-likeness (QED) is 0.889. The van der Waals surface area contributed by atoms with Crippen LogP contribution in [-0.2, 0) is 6.54 Å².